The van der Waals surface area contributed by atoms with Crippen molar-refractivity contribution in [2.45, 2.75) is 51.4 Å². The molecule has 1 spiro atoms. The molecule has 0 nitrogen and oxygen atoms in total. The van der Waals surface area contributed by atoms with Gasteiger partial charge in [0.05, 0.1) is 4.20 Å². The van der Waals surface area contributed by atoms with Crippen LogP contribution in [-0.2, 0) is 0 Å². The Balaban J connectivity index is 1.95. The second-order valence-electron chi connectivity index (χ2n) is 4.82. The highest BCUT2D eigenvalue weighted by Crippen LogP contribution is 2.63. The van der Waals surface area contributed by atoms with Crippen molar-refractivity contribution in [3.63, 3.8) is 0 Å². The van der Waals surface area contributed by atoms with Gasteiger partial charge in [0.25, 0.3) is 0 Å². The molecule has 0 radical (unpaired) electrons. The molecule has 1 saturated heterocycles. The first-order valence-electron chi connectivity index (χ1n) is 5.78. The molecular weight excluding hydrogens is 208 g/mol. The molecule has 0 amide bonds. The summed E-state index contributed by atoms with van der Waals surface area (Å²) in [5.41, 5.74) is 2.20. The van der Waals surface area contributed by atoms with E-state index in [2.05, 4.69) is 0 Å². The number of rotatable bonds is 0. The van der Waals surface area contributed by atoms with Crippen LogP contribution in [0, 0.1) is 5.41 Å². The van der Waals surface area contributed by atoms with Gasteiger partial charge in [0, 0.05) is 10.3 Å². The van der Waals surface area contributed by atoms with Gasteiger partial charge in [0.1, 0.15) is 0 Å². The largest absolute Gasteiger partial charge is 0.0853 e. The zero-order chi connectivity index (χ0) is 9.60. The minimum Gasteiger partial charge on any atom is -0.0853 e. The van der Waals surface area contributed by atoms with Crippen LogP contribution in [0.5, 0.6) is 0 Å². The number of allylic oxidation sites excluding steroid dienone is 2. The topological polar surface area (TPSA) is 0 Å². The van der Waals surface area contributed by atoms with Crippen molar-refractivity contribution in [3.8, 4) is 0 Å². The van der Waals surface area contributed by atoms with E-state index in [1.54, 1.807) is 10.5 Å². The third-order valence-corrected chi connectivity index (χ3v) is 6.11. The summed E-state index contributed by atoms with van der Waals surface area (Å²) < 4.78 is 1.31. The number of thioether (sulfide) groups is 1. The molecular formula is C12H16S2. The standard InChI is InChI=1S/C12H16S2/c13-11-12(7-3-4-8-12)10(14-11)9-5-1-2-6-9/h1-8H2. The fourth-order valence-corrected chi connectivity index (χ4v) is 5.19. The summed E-state index contributed by atoms with van der Waals surface area (Å²) >= 11 is 7.43. The summed E-state index contributed by atoms with van der Waals surface area (Å²) in [6.07, 6.45) is 11.1. The smallest absolute Gasteiger partial charge is 0.0635 e. The summed E-state index contributed by atoms with van der Waals surface area (Å²) in [7, 11) is 0. The van der Waals surface area contributed by atoms with E-state index in [4.69, 9.17) is 12.2 Å². The molecule has 2 aliphatic carbocycles. The molecule has 0 aromatic heterocycles. The lowest BCUT2D eigenvalue weighted by molar-refractivity contribution is 0.545. The van der Waals surface area contributed by atoms with Crippen molar-refractivity contribution in [1.82, 2.24) is 0 Å². The van der Waals surface area contributed by atoms with Gasteiger partial charge in [0.2, 0.25) is 0 Å². The van der Waals surface area contributed by atoms with Crippen LogP contribution in [0.25, 0.3) is 0 Å². The number of hydrogen-bond acceptors (Lipinski definition) is 2. The Morgan fingerprint density at radius 3 is 2.21 bits per heavy atom. The third-order valence-electron chi connectivity index (χ3n) is 4.01. The quantitative estimate of drug-likeness (QED) is 0.558. The number of thiocarbonyl (C=S) groups is 1. The van der Waals surface area contributed by atoms with Gasteiger partial charge >= 0.3 is 0 Å². The first kappa shape index (κ1) is 9.41. The van der Waals surface area contributed by atoms with Crippen LogP contribution in [0.3, 0.4) is 0 Å². The van der Waals surface area contributed by atoms with Crippen LogP contribution in [0.1, 0.15) is 51.4 Å². The zero-order valence-corrected chi connectivity index (χ0v) is 10.1. The maximum Gasteiger partial charge on any atom is 0.0635 e. The zero-order valence-electron chi connectivity index (χ0n) is 8.47. The lowest BCUT2D eigenvalue weighted by Gasteiger charge is -2.43. The minimum atomic E-state index is 0.430. The monoisotopic (exact) mass is 224 g/mol. The van der Waals surface area contributed by atoms with E-state index in [1.165, 1.54) is 55.6 Å². The van der Waals surface area contributed by atoms with Gasteiger partial charge < -0.3 is 0 Å². The van der Waals surface area contributed by atoms with Gasteiger partial charge in [-0.3, -0.25) is 0 Å². The molecule has 1 heterocycles. The Kier molecular flexibility index (Phi) is 2.25. The van der Waals surface area contributed by atoms with Crippen LogP contribution >= 0.6 is 24.0 Å². The Morgan fingerprint density at radius 1 is 1.00 bits per heavy atom. The van der Waals surface area contributed by atoms with Crippen LogP contribution < -0.4 is 0 Å². The van der Waals surface area contributed by atoms with Crippen molar-refractivity contribution in [2.24, 2.45) is 5.41 Å². The maximum absolute atomic E-state index is 5.50. The Labute approximate surface area is 95.5 Å². The van der Waals surface area contributed by atoms with E-state index in [1.807, 2.05) is 11.8 Å². The maximum atomic E-state index is 5.50. The van der Waals surface area contributed by atoms with Gasteiger partial charge in [-0.2, -0.15) is 0 Å². The highest BCUT2D eigenvalue weighted by molar-refractivity contribution is 8.28. The highest BCUT2D eigenvalue weighted by atomic mass is 32.2. The normalized spacial score (nSPS) is 30.1. The summed E-state index contributed by atoms with van der Waals surface area (Å²) in [6.45, 7) is 0. The predicted molar refractivity (Wildman–Crippen MR) is 66.6 cm³/mol. The molecule has 1 aliphatic heterocycles. The molecule has 2 saturated carbocycles. The molecule has 3 fully saturated rings. The second kappa shape index (κ2) is 3.34. The molecule has 0 N–H and O–H groups in total. The average Bonchev–Trinajstić information content (AvgIpc) is 2.85. The molecule has 0 aromatic rings. The minimum absolute atomic E-state index is 0.430. The summed E-state index contributed by atoms with van der Waals surface area (Å²) in [6, 6.07) is 0. The molecule has 0 aromatic carbocycles. The first-order valence-corrected chi connectivity index (χ1v) is 7.00. The summed E-state index contributed by atoms with van der Waals surface area (Å²) in [5, 5.41) is 0. The van der Waals surface area contributed by atoms with Gasteiger partial charge in [-0.15, -0.1) is 0 Å². The van der Waals surface area contributed by atoms with Crippen molar-refractivity contribution < 1.29 is 0 Å². The Hall–Kier alpha value is 0.180. The summed E-state index contributed by atoms with van der Waals surface area (Å²) in [4.78, 5) is 1.72. The van der Waals surface area contributed by atoms with E-state index in [0.29, 0.717) is 5.41 Å². The summed E-state index contributed by atoms with van der Waals surface area (Å²) in [5.74, 6) is 0. The van der Waals surface area contributed by atoms with Gasteiger partial charge in [-0.1, -0.05) is 42.4 Å². The Morgan fingerprint density at radius 2 is 1.64 bits per heavy atom. The molecule has 76 valence electrons. The van der Waals surface area contributed by atoms with E-state index in [-0.39, 0.29) is 0 Å². The fourth-order valence-electron chi connectivity index (χ4n) is 3.18. The number of hydrogen-bond donors (Lipinski definition) is 0. The molecule has 3 rings (SSSR count). The Bertz CT molecular complexity index is 300. The highest BCUT2D eigenvalue weighted by Gasteiger charge is 2.51. The molecule has 0 atom stereocenters. The van der Waals surface area contributed by atoms with Crippen LogP contribution in [0.15, 0.2) is 10.5 Å². The molecule has 0 bridgehead atoms. The van der Waals surface area contributed by atoms with Gasteiger partial charge in [-0.25, -0.2) is 0 Å². The van der Waals surface area contributed by atoms with E-state index < -0.39 is 0 Å². The van der Waals surface area contributed by atoms with E-state index in [0.717, 1.165) is 0 Å². The molecule has 3 aliphatic rings. The van der Waals surface area contributed by atoms with E-state index >= 15 is 0 Å². The van der Waals surface area contributed by atoms with Gasteiger partial charge in [0.15, 0.2) is 0 Å². The van der Waals surface area contributed by atoms with Crippen molar-refractivity contribution in [2.75, 3.05) is 0 Å². The SMILES string of the molecule is S=C1SC(=C2CCCC2)C12CCCC2. The lowest BCUT2D eigenvalue weighted by Crippen LogP contribution is -2.35. The molecule has 0 unspecified atom stereocenters. The average molecular weight is 224 g/mol. The third kappa shape index (κ3) is 1.16. The molecule has 2 heteroatoms. The molecule has 14 heavy (non-hydrogen) atoms. The fraction of sp³-hybridized carbons (Fsp3) is 0.750. The first-order chi connectivity index (χ1) is 6.83. The van der Waals surface area contributed by atoms with Crippen LogP contribution in [-0.4, -0.2) is 4.20 Å². The van der Waals surface area contributed by atoms with Gasteiger partial charge in [-0.05, 0) is 38.5 Å². The second-order valence-corrected chi connectivity index (χ2v) is 6.51. The van der Waals surface area contributed by atoms with Crippen LogP contribution in [0.2, 0.25) is 0 Å². The van der Waals surface area contributed by atoms with Crippen LogP contribution in [0.4, 0.5) is 0 Å². The van der Waals surface area contributed by atoms with Crippen molar-refractivity contribution in [3.05, 3.63) is 10.5 Å². The van der Waals surface area contributed by atoms with Crippen molar-refractivity contribution >= 4 is 28.2 Å². The predicted octanol–water partition coefficient (Wildman–Crippen LogP) is 4.45. The van der Waals surface area contributed by atoms with Crippen molar-refractivity contribution in [1.29, 1.82) is 0 Å². The van der Waals surface area contributed by atoms with E-state index in [9.17, 15) is 0 Å². The lowest BCUT2D eigenvalue weighted by atomic mass is 9.84.